The number of nitrogens with zero attached hydrogens (tertiary/aromatic N) is 1. The minimum atomic E-state index is 0. The molecule has 0 aliphatic heterocycles. The van der Waals surface area contributed by atoms with Crippen molar-refractivity contribution in [1.29, 1.82) is 0 Å². The molecule has 5 heteroatoms. The summed E-state index contributed by atoms with van der Waals surface area (Å²) in [6.45, 7) is 0. The number of rotatable bonds is 0. The number of hydrogen-bond acceptors (Lipinski definition) is 1. The van der Waals surface area contributed by atoms with Gasteiger partial charge in [-0.05, 0) is 12.1 Å². The summed E-state index contributed by atoms with van der Waals surface area (Å²) in [6, 6.07) is 5.72. The van der Waals surface area contributed by atoms with Gasteiger partial charge < -0.3 is 0 Å². The second-order valence-electron chi connectivity index (χ2n) is 1.02. The highest BCUT2D eigenvalue weighted by Gasteiger charge is 1.58. The minimum absolute atomic E-state index is 0. The van der Waals surface area contributed by atoms with Crippen LogP contribution in [0.1, 0.15) is 0 Å². The lowest BCUT2D eigenvalue weighted by Gasteiger charge is -1.70. The first-order valence-electron chi connectivity index (χ1n) is 1.85. The van der Waals surface area contributed by atoms with Gasteiger partial charge in [0.15, 0.2) is 0 Å². The van der Waals surface area contributed by atoms with Crippen molar-refractivity contribution >= 4 is 8.41 Å². The van der Waals surface area contributed by atoms with Gasteiger partial charge >= 0.3 is 0 Å². The Morgan fingerprint density at radius 1 is 0.700 bits per heavy atom. The Morgan fingerprint density at radius 3 is 1.20 bits per heavy atom. The standard InChI is InChI=1S/C5H5N.B.3FH/c1-2-4-6-5-3-1;;;;/h1-5H;;3*1H. The lowest BCUT2D eigenvalue weighted by atomic mass is 10.5. The summed E-state index contributed by atoms with van der Waals surface area (Å²) >= 11 is 0. The Bertz CT molecular complexity index is 88.8. The van der Waals surface area contributed by atoms with Gasteiger partial charge in [0.05, 0.1) is 0 Å². The van der Waals surface area contributed by atoms with E-state index in [0.717, 1.165) is 0 Å². The Labute approximate surface area is 59.2 Å². The molecule has 1 heterocycles. The summed E-state index contributed by atoms with van der Waals surface area (Å²) in [6.07, 6.45) is 3.50. The molecule has 0 unspecified atom stereocenters. The van der Waals surface area contributed by atoms with Crippen molar-refractivity contribution in [2.45, 2.75) is 0 Å². The summed E-state index contributed by atoms with van der Waals surface area (Å²) in [5.74, 6) is 0. The zero-order valence-corrected chi connectivity index (χ0v) is 5.14. The fraction of sp³-hybridized carbons (Fsp3) is 0. The zero-order valence-electron chi connectivity index (χ0n) is 5.14. The molecular formula is C5H8BF3N. The number of hydrogen-bond donors (Lipinski definition) is 0. The van der Waals surface area contributed by atoms with E-state index in [1.807, 2.05) is 18.2 Å². The topological polar surface area (TPSA) is 12.9 Å². The maximum atomic E-state index is 3.78. The van der Waals surface area contributed by atoms with E-state index in [-0.39, 0.29) is 22.5 Å². The number of halogens is 3. The van der Waals surface area contributed by atoms with E-state index < -0.39 is 0 Å². The molecule has 1 nitrogen and oxygen atoms in total. The third kappa shape index (κ3) is 10.1. The first-order chi connectivity index (χ1) is 3.00. The molecular weight excluding hydrogens is 142 g/mol. The highest BCUT2D eigenvalue weighted by atomic mass is 19.0. The van der Waals surface area contributed by atoms with Crippen LogP contribution in [0.4, 0.5) is 14.1 Å². The predicted octanol–water partition coefficient (Wildman–Crippen LogP) is 1.16. The van der Waals surface area contributed by atoms with Crippen LogP contribution in [-0.2, 0) is 0 Å². The van der Waals surface area contributed by atoms with Crippen molar-refractivity contribution < 1.29 is 14.1 Å². The third-order valence-corrected chi connectivity index (χ3v) is 0.566. The molecule has 1 aromatic heterocycles. The van der Waals surface area contributed by atoms with E-state index >= 15 is 0 Å². The monoisotopic (exact) mass is 150 g/mol. The van der Waals surface area contributed by atoms with Crippen LogP contribution in [0.25, 0.3) is 0 Å². The van der Waals surface area contributed by atoms with E-state index in [1.54, 1.807) is 12.4 Å². The van der Waals surface area contributed by atoms with E-state index in [2.05, 4.69) is 4.98 Å². The Morgan fingerprint density at radius 2 is 1.10 bits per heavy atom. The molecule has 0 bridgehead atoms. The summed E-state index contributed by atoms with van der Waals surface area (Å²) < 4.78 is 0. The second kappa shape index (κ2) is 15.7. The quantitative estimate of drug-likeness (QED) is 0.505. The van der Waals surface area contributed by atoms with Crippen LogP contribution in [-0.4, -0.2) is 13.4 Å². The first-order valence-corrected chi connectivity index (χ1v) is 1.85. The average molecular weight is 150 g/mol. The fourth-order valence-electron chi connectivity index (χ4n) is 0.313. The second-order valence-corrected chi connectivity index (χ2v) is 1.02. The molecule has 0 aliphatic rings. The molecule has 0 fully saturated rings. The van der Waals surface area contributed by atoms with Gasteiger partial charge in [0.25, 0.3) is 0 Å². The van der Waals surface area contributed by atoms with Gasteiger partial charge in [0, 0.05) is 20.8 Å². The van der Waals surface area contributed by atoms with Crippen LogP contribution in [0, 0.1) is 0 Å². The van der Waals surface area contributed by atoms with Gasteiger partial charge in [-0.25, -0.2) is 0 Å². The molecule has 3 radical (unpaired) electrons. The van der Waals surface area contributed by atoms with Gasteiger partial charge in [-0.3, -0.25) is 19.1 Å². The Kier molecular flexibility index (Phi) is 36.1. The Hall–Kier alpha value is -0.995. The lowest BCUT2D eigenvalue weighted by Crippen LogP contribution is -1.58. The smallest absolute Gasteiger partial charge is 0.0267 e. The molecule has 1 aromatic rings. The molecule has 0 saturated carbocycles. The molecule has 1 rings (SSSR count). The summed E-state index contributed by atoms with van der Waals surface area (Å²) in [5.41, 5.74) is 0. The van der Waals surface area contributed by atoms with Crippen molar-refractivity contribution in [1.82, 2.24) is 4.98 Å². The van der Waals surface area contributed by atoms with E-state index in [9.17, 15) is 0 Å². The van der Waals surface area contributed by atoms with Crippen LogP contribution in [0.5, 0.6) is 0 Å². The Balaban J connectivity index is -0.0000000450. The molecule has 0 atom stereocenters. The SMILES string of the molecule is F.F.F.[B].c1ccncc1. The number of pyridine rings is 1. The molecule has 0 aromatic carbocycles. The lowest BCUT2D eigenvalue weighted by molar-refractivity contribution is 1.11. The average Bonchev–Trinajstić information content (AvgIpc) is 1.72. The van der Waals surface area contributed by atoms with Gasteiger partial charge in [-0.2, -0.15) is 0 Å². The van der Waals surface area contributed by atoms with Gasteiger partial charge in [0.2, 0.25) is 0 Å². The van der Waals surface area contributed by atoms with Crippen molar-refractivity contribution in [2.75, 3.05) is 0 Å². The third-order valence-electron chi connectivity index (χ3n) is 0.566. The van der Waals surface area contributed by atoms with Crippen molar-refractivity contribution in [2.24, 2.45) is 0 Å². The molecule has 57 valence electrons. The largest absolute Gasteiger partial charge is 0.269 e. The van der Waals surface area contributed by atoms with Gasteiger partial charge in [-0.1, -0.05) is 6.07 Å². The van der Waals surface area contributed by atoms with Crippen LogP contribution < -0.4 is 0 Å². The van der Waals surface area contributed by atoms with Gasteiger partial charge in [0.1, 0.15) is 0 Å². The van der Waals surface area contributed by atoms with Crippen LogP contribution in [0.15, 0.2) is 30.6 Å². The fourth-order valence-corrected chi connectivity index (χ4v) is 0.313. The van der Waals surface area contributed by atoms with E-state index in [0.29, 0.717) is 0 Å². The molecule has 0 saturated heterocycles. The van der Waals surface area contributed by atoms with Crippen LogP contribution in [0.2, 0.25) is 0 Å². The summed E-state index contributed by atoms with van der Waals surface area (Å²) in [4.78, 5) is 3.78. The van der Waals surface area contributed by atoms with Crippen LogP contribution >= 0.6 is 0 Å². The van der Waals surface area contributed by atoms with Crippen molar-refractivity contribution in [3.05, 3.63) is 30.6 Å². The summed E-state index contributed by atoms with van der Waals surface area (Å²) in [5, 5.41) is 0. The van der Waals surface area contributed by atoms with E-state index in [1.165, 1.54) is 0 Å². The molecule has 0 amide bonds. The first kappa shape index (κ1) is 23.0. The molecule has 0 aliphatic carbocycles. The number of aromatic nitrogens is 1. The molecule has 0 N–H and O–H groups in total. The van der Waals surface area contributed by atoms with Crippen LogP contribution in [0.3, 0.4) is 0 Å². The van der Waals surface area contributed by atoms with Crippen molar-refractivity contribution in [3.8, 4) is 0 Å². The normalized spacial score (nSPS) is 4.80. The van der Waals surface area contributed by atoms with Crippen molar-refractivity contribution in [3.63, 3.8) is 0 Å². The predicted molar refractivity (Wildman–Crippen MR) is 37.5 cm³/mol. The molecule has 10 heavy (non-hydrogen) atoms. The zero-order chi connectivity index (χ0) is 4.24. The highest BCUT2D eigenvalue weighted by Crippen LogP contribution is 1.73. The van der Waals surface area contributed by atoms with Gasteiger partial charge in [-0.15, -0.1) is 0 Å². The minimum Gasteiger partial charge on any atom is -0.269 e. The maximum absolute atomic E-state index is 3.78. The molecule has 0 spiro atoms. The maximum Gasteiger partial charge on any atom is 0.0267 e. The summed E-state index contributed by atoms with van der Waals surface area (Å²) in [7, 11) is 0. The highest BCUT2D eigenvalue weighted by molar-refractivity contribution is 5.75. The van der Waals surface area contributed by atoms with E-state index in [4.69, 9.17) is 0 Å².